The SMILES string of the molecule is Cc1ccc(CS(=O)Oc2ccc(C(=O)O)c(C(=O)O)c2)cc1. The Labute approximate surface area is 135 Å². The lowest BCUT2D eigenvalue weighted by Gasteiger charge is -2.08. The molecule has 0 saturated heterocycles. The van der Waals surface area contributed by atoms with Crippen molar-refractivity contribution in [1.29, 1.82) is 0 Å². The summed E-state index contributed by atoms with van der Waals surface area (Å²) in [5, 5.41) is 18.0. The Morgan fingerprint density at radius 3 is 2.17 bits per heavy atom. The number of aryl methyl sites for hydroxylation is 1. The van der Waals surface area contributed by atoms with Crippen molar-refractivity contribution in [1.82, 2.24) is 0 Å². The Morgan fingerprint density at radius 1 is 1.00 bits per heavy atom. The minimum absolute atomic E-state index is 0.0397. The van der Waals surface area contributed by atoms with Gasteiger partial charge in [-0.3, -0.25) is 0 Å². The Hall–Kier alpha value is -2.67. The molecule has 0 fully saturated rings. The lowest BCUT2D eigenvalue weighted by Crippen LogP contribution is -2.09. The fourth-order valence-electron chi connectivity index (χ4n) is 1.90. The molecule has 23 heavy (non-hydrogen) atoms. The summed E-state index contributed by atoms with van der Waals surface area (Å²) in [7, 11) is 0. The van der Waals surface area contributed by atoms with Gasteiger partial charge in [0.2, 0.25) is 11.1 Å². The highest BCUT2D eigenvalue weighted by molar-refractivity contribution is 7.79. The summed E-state index contributed by atoms with van der Waals surface area (Å²) in [5.41, 5.74) is 1.13. The number of rotatable bonds is 6. The standard InChI is InChI=1S/C16H14O6S/c1-10-2-4-11(5-3-10)9-23(21)22-12-6-7-13(15(17)18)14(8-12)16(19)20/h2-8H,9H2,1H3,(H,17,18)(H,19,20). The molecule has 0 aromatic heterocycles. The molecule has 0 aliphatic carbocycles. The van der Waals surface area contributed by atoms with Crippen LogP contribution < -0.4 is 4.18 Å². The molecular weight excluding hydrogens is 320 g/mol. The largest absolute Gasteiger partial charge is 0.478 e. The molecule has 0 aliphatic rings. The molecule has 0 spiro atoms. The topological polar surface area (TPSA) is 101 Å². The molecule has 0 bridgehead atoms. The van der Waals surface area contributed by atoms with Crippen LogP contribution in [0.4, 0.5) is 0 Å². The van der Waals surface area contributed by atoms with Crippen molar-refractivity contribution in [3.05, 3.63) is 64.7 Å². The van der Waals surface area contributed by atoms with Crippen molar-refractivity contribution in [2.24, 2.45) is 0 Å². The number of hydrogen-bond donors (Lipinski definition) is 2. The van der Waals surface area contributed by atoms with Crippen LogP contribution in [0.15, 0.2) is 42.5 Å². The molecule has 2 aromatic rings. The summed E-state index contributed by atoms with van der Waals surface area (Å²) in [5.74, 6) is -2.56. The maximum atomic E-state index is 12.0. The molecule has 2 rings (SSSR count). The van der Waals surface area contributed by atoms with E-state index in [0.717, 1.165) is 23.3 Å². The van der Waals surface area contributed by atoms with E-state index in [4.69, 9.17) is 14.4 Å². The molecule has 0 heterocycles. The third kappa shape index (κ3) is 4.40. The van der Waals surface area contributed by atoms with Gasteiger partial charge in [0, 0.05) is 0 Å². The number of carboxylic acid groups (broad SMARTS) is 2. The maximum absolute atomic E-state index is 12.0. The Balaban J connectivity index is 2.14. The van der Waals surface area contributed by atoms with E-state index in [1.165, 1.54) is 6.07 Å². The van der Waals surface area contributed by atoms with Gasteiger partial charge in [0.05, 0.1) is 16.9 Å². The van der Waals surface area contributed by atoms with E-state index in [1.807, 2.05) is 31.2 Å². The fraction of sp³-hybridized carbons (Fsp3) is 0.125. The highest BCUT2D eigenvalue weighted by atomic mass is 32.2. The average molecular weight is 334 g/mol. The van der Waals surface area contributed by atoms with E-state index in [9.17, 15) is 13.8 Å². The Bertz CT molecular complexity index is 767. The van der Waals surface area contributed by atoms with Gasteiger partial charge in [-0.2, -0.15) is 0 Å². The molecule has 120 valence electrons. The van der Waals surface area contributed by atoms with Crippen molar-refractivity contribution < 1.29 is 28.2 Å². The third-order valence-electron chi connectivity index (χ3n) is 3.05. The monoisotopic (exact) mass is 334 g/mol. The predicted molar refractivity (Wildman–Crippen MR) is 84.0 cm³/mol. The van der Waals surface area contributed by atoms with Crippen LogP contribution in [0.1, 0.15) is 31.8 Å². The van der Waals surface area contributed by atoms with E-state index in [1.54, 1.807) is 0 Å². The first-order chi connectivity index (χ1) is 10.9. The normalized spacial score (nSPS) is 11.7. The van der Waals surface area contributed by atoms with E-state index in [0.29, 0.717) is 0 Å². The van der Waals surface area contributed by atoms with Crippen LogP contribution in [0.25, 0.3) is 0 Å². The summed E-state index contributed by atoms with van der Waals surface area (Å²) >= 11 is -1.71. The number of benzene rings is 2. The van der Waals surface area contributed by atoms with Crippen molar-refractivity contribution in [2.45, 2.75) is 12.7 Å². The molecule has 0 radical (unpaired) electrons. The predicted octanol–water partition coefficient (Wildman–Crippen LogP) is 2.63. The molecule has 0 amide bonds. The van der Waals surface area contributed by atoms with E-state index in [2.05, 4.69) is 0 Å². The zero-order valence-corrected chi connectivity index (χ0v) is 13.0. The summed E-state index contributed by atoms with van der Waals surface area (Å²) in [4.78, 5) is 22.1. The second-order valence-corrected chi connectivity index (χ2v) is 5.90. The molecule has 1 atom stereocenters. The van der Waals surface area contributed by atoms with Gasteiger partial charge in [-0.25, -0.2) is 13.8 Å². The molecule has 2 N–H and O–H groups in total. The summed E-state index contributed by atoms with van der Waals surface area (Å²) in [6.07, 6.45) is 0. The Kier molecular flexibility index (Phi) is 5.13. The van der Waals surface area contributed by atoms with Crippen molar-refractivity contribution in [3.8, 4) is 5.75 Å². The van der Waals surface area contributed by atoms with Crippen LogP contribution >= 0.6 is 0 Å². The first-order valence-corrected chi connectivity index (χ1v) is 7.84. The number of aromatic carboxylic acids is 2. The van der Waals surface area contributed by atoms with Crippen LogP contribution in [0.3, 0.4) is 0 Å². The van der Waals surface area contributed by atoms with Gasteiger partial charge in [0.1, 0.15) is 5.75 Å². The Morgan fingerprint density at radius 2 is 1.61 bits per heavy atom. The van der Waals surface area contributed by atoms with Crippen molar-refractivity contribution in [2.75, 3.05) is 0 Å². The molecule has 0 saturated carbocycles. The lowest BCUT2D eigenvalue weighted by molar-refractivity contribution is 0.0651. The fourth-order valence-corrected chi connectivity index (χ4v) is 2.74. The minimum atomic E-state index is -1.71. The second-order valence-electron chi connectivity index (χ2n) is 4.83. The number of carboxylic acids is 2. The lowest BCUT2D eigenvalue weighted by atomic mass is 10.1. The molecule has 0 aliphatic heterocycles. The van der Waals surface area contributed by atoms with Gasteiger partial charge in [0.15, 0.2) is 0 Å². The zero-order valence-electron chi connectivity index (χ0n) is 12.2. The van der Waals surface area contributed by atoms with E-state index in [-0.39, 0.29) is 17.1 Å². The van der Waals surface area contributed by atoms with Crippen LogP contribution in [0, 0.1) is 6.92 Å². The van der Waals surface area contributed by atoms with Crippen LogP contribution in [0.5, 0.6) is 5.75 Å². The molecule has 7 heteroatoms. The molecule has 2 aromatic carbocycles. The van der Waals surface area contributed by atoms with Crippen LogP contribution in [-0.2, 0) is 16.8 Å². The molecular formula is C16H14O6S. The van der Waals surface area contributed by atoms with Gasteiger partial charge in [0.25, 0.3) is 0 Å². The average Bonchev–Trinajstić information content (AvgIpc) is 2.49. The second kappa shape index (κ2) is 7.06. The molecule has 6 nitrogen and oxygen atoms in total. The van der Waals surface area contributed by atoms with E-state index >= 15 is 0 Å². The van der Waals surface area contributed by atoms with Gasteiger partial charge in [-0.1, -0.05) is 29.8 Å². The smallest absolute Gasteiger partial charge is 0.336 e. The number of carbonyl (C=O) groups is 2. The van der Waals surface area contributed by atoms with E-state index < -0.39 is 28.6 Å². The van der Waals surface area contributed by atoms with Crippen LogP contribution in [0.2, 0.25) is 0 Å². The maximum Gasteiger partial charge on any atom is 0.336 e. The highest BCUT2D eigenvalue weighted by Crippen LogP contribution is 2.20. The van der Waals surface area contributed by atoms with Gasteiger partial charge >= 0.3 is 11.9 Å². The number of hydrogen-bond acceptors (Lipinski definition) is 4. The summed E-state index contributed by atoms with van der Waals surface area (Å²) < 4.78 is 17.2. The van der Waals surface area contributed by atoms with Gasteiger partial charge in [-0.15, -0.1) is 0 Å². The summed E-state index contributed by atoms with van der Waals surface area (Å²) in [6.45, 7) is 1.94. The quantitative estimate of drug-likeness (QED) is 0.842. The third-order valence-corrected chi connectivity index (χ3v) is 3.99. The van der Waals surface area contributed by atoms with Crippen molar-refractivity contribution >= 4 is 23.0 Å². The zero-order chi connectivity index (χ0) is 17.0. The van der Waals surface area contributed by atoms with Crippen molar-refractivity contribution in [3.63, 3.8) is 0 Å². The van der Waals surface area contributed by atoms with Gasteiger partial charge in [-0.05, 0) is 30.7 Å². The first kappa shape index (κ1) is 16.7. The minimum Gasteiger partial charge on any atom is -0.478 e. The summed E-state index contributed by atoms with van der Waals surface area (Å²) in [6, 6.07) is 10.9. The first-order valence-electron chi connectivity index (χ1n) is 6.59. The molecule has 1 unspecified atom stereocenters. The van der Waals surface area contributed by atoms with Crippen LogP contribution in [-0.4, -0.2) is 26.4 Å². The van der Waals surface area contributed by atoms with Gasteiger partial charge < -0.3 is 14.4 Å². The highest BCUT2D eigenvalue weighted by Gasteiger charge is 2.17.